The summed E-state index contributed by atoms with van der Waals surface area (Å²) in [4.78, 5) is 0. The molecule has 0 saturated heterocycles. The molecule has 0 aliphatic rings. The minimum Gasteiger partial charge on any atom is -0.494 e. The Hall–Kier alpha value is -1.02. The fourth-order valence-electron chi connectivity index (χ4n) is 1.46. The molecule has 1 aromatic carbocycles. The summed E-state index contributed by atoms with van der Waals surface area (Å²) >= 11 is 0. The van der Waals surface area contributed by atoms with E-state index in [9.17, 15) is 0 Å². The van der Waals surface area contributed by atoms with Gasteiger partial charge in [-0.2, -0.15) is 0 Å². The third kappa shape index (κ3) is 4.23. The van der Waals surface area contributed by atoms with Gasteiger partial charge in [-0.15, -0.1) is 0 Å². The number of nitrogens with two attached hydrogens (primary N) is 1. The van der Waals surface area contributed by atoms with E-state index in [2.05, 4.69) is 32.9 Å². The molecule has 0 spiro atoms. The van der Waals surface area contributed by atoms with E-state index in [4.69, 9.17) is 10.5 Å². The second-order valence-electron chi connectivity index (χ2n) is 4.61. The summed E-state index contributed by atoms with van der Waals surface area (Å²) in [5.41, 5.74) is 7.12. The van der Waals surface area contributed by atoms with Crippen molar-refractivity contribution in [2.45, 2.75) is 39.7 Å². The van der Waals surface area contributed by atoms with E-state index in [0.29, 0.717) is 5.92 Å². The lowest BCUT2D eigenvalue weighted by Crippen LogP contribution is -2.08. The highest BCUT2D eigenvalue weighted by atomic mass is 16.5. The minimum absolute atomic E-state index is 0.143. The first-order valence-corrected chi connectivity index (χ1v) is 6.11. The van der Waals surface area contributed by atoms with Crippen LogP contribution in [-0.4, -0.2) is 6.61 Å². The van der Waals surface area contributed by atoms with Crippen LogP contribution in [0.25, 0.3) is 0 Å². The van der Waals surface area contributed by atoms with Gasteiger partial charge < -0.3 is 10.5 Å². The second-order valence-corrected chi connectivity index (χ2v) is 4.61. The molecule has 1 rings (SSSR count). The highest BCUT2D eigenvalue weighted by molar-refractivity contribution is 5.28. The van der Waals surface area contributed by atoms with Crippen LogP contribution in [0, 0.1) is 5.92 Å². The lowest BCUT2D eigenvalue weighted by molar-refractivity contribution is 0.289. The van der Waals surface area contributed by atoms with Gasteiger partial charge >= 0.3 is 0 Å². The van der Waals surface area contributed by atoms with Crippen molar-refractivity contribution in [2.75, 3.05) is 6.61 Å². The smallest absolute Gasteiger partial charge is 0.119 e. The Morgan fingerprint density at radius 3 is 2.31 bits per heavy atom. The molecule has 0 aliphatic carbocycles. The van der Waals surface area contributed by atoms with Gasteiger partial charge in [0.1, 0.15) is 5.75 Å². The van der Waals surface area contributed by atoms with Crippen molar-refractivity contribution < 1.29 is 4.74 Å². The molecule has 90 valence electrons. The van der Waals surface area contributed by atoms with Crippen LogP contribution in [0.5, 0.6) is 5.75 Å². The Morgan fingerprint density at radius 2 is 1.81 bits per heavy atom. The van der Waals surface area contributed by atoms with E-state index in [1.165, 1.54) is 5.56 Å². The maximum atomic E-state index is 5.94. The second kappa shape index (κ2) is 6.54. The van der Waals surface area contributed by atoms with Crippen molar-refractivity contribution in [3.8, 4) is 5.75 Å². The first kappa shape index (κ1) is 13.0. The molecule has 0 heterocycles. The van der Waals surface area contributed by atoms with Gasteiger partial charge in [0.2, 0.25) is 0 Å². The predicted molar refractivity (Wildman–Crippen MR) is 68.6 cm³/mol. The zero-order valence-electron chi connectivity index (χ0n) is 10.6. The third-order valence-electron chi connectivity index (χ3n) is 2.71. The monoisotopic (exact) mass is 221 g/mol. The molecule has 1 aromatic rings. The quantitative estimate of drug-likeness (QED) is 0.797. The third-order valence-corrected chi connectivity index (χ3v) is 2.71. The zero-order valence-corrected chi connectivity index (χ0v) is 10.6. The maximum Gasteiger partial charge on any atom is 0.119 e. The van der Waals surface area contributed by atoms with Gasteiger partial charge in [-0.3, -0.25) is 0 Å². The molecule has 2 nitrogen and oxygen atoms in total. The van der Waals surface area contributed by atoms with Gasteiger partial charge in [-0.25, -0.2) is 0 Å². The van der Waals surface area contributed by atoms with E-state index in [1.807, 2.05) is 12.1 Å². The topological polar surface area (TPSA) is 35.2 Å². The van der Waals surface area contributed by atoms with Crippen molar-refractivity contribution in [1.82, 2.24) is 0 Å². The number of rotatable bonds is 6. The molecule has 0 aromatic heterocycles. The van der Waals surface area contributed by atoms with E-state index >= 15 is 0 Å². The number of hydrogen-bond acceptors (Lipinski definition) is 2. The molecule has 0 fully saturated rings. The average molecular weight is 221 g/mol. The molecule has 0 bridgehead atoms. The SMILES string of the molecule is CC[C@H](N)c1ccc(OCCC(C)C)cc1. The summed E-state index contributed by atoms with van der Waals surface area (Å²) in [6.45, 7) is 7.29. The Labute approximate surface area is 98.8 Å². The summed E-state index contributed by atoms with van der Waals surface area (Å²) in [6, 6.07) is 8.26. The fourth-order valence-corrected chi connectivity index (χ4v) is 1.46. The molecule has 0 amide bonds. The number of hydrogen-bond donors (Lipinski definition) is 1. The highest BCUT2D eigenvalue weighted by Gasteiger charge is 2.03. The molecule has 0 unspecified atom stereocenters. The van der Waals surface area contributed by atoms with Crippen LogP contribution >= 0.6 is 0 Å². The summed E-state index contributed by atoms with van der Waals surface area (Å²) in [5, 5.41) is 0. The number of benzene rings is 1. The molecule has 0 aliphatic heterocycles. The maximum absolute atomic E-state index is 5.94. The van der Waals surface area contributed by atoms with Crippen molar-refractivity contribution in [1.29, 1.82) is 0 Å². The van der Waals surface area contributed by atoms with Crippen molar-refractivity contribution in [3.05, 3.63) is 29.8 Å². The Morgan fingerprint density at radius 1 is 1.19 bits per heavy atom. The first-order chi connectivity index (χ1) is 7.63. The van der Waals surface area contributed by atoms with E-state index in [-0.39, 0.29) is 6.04 Å². The van der Waals surface area contributed by atoms with Crippen LogP contribution in [0.2, 0.25) is 0 Å². The molecular formula is C14H23NO. The molecule has 1 atom stereocenters. The van der Waals surface area contributed by atoms with Crippen molar-refractivity contribution >= 4 is 0 Å². The molecule has 2 heteroatoms. The summed E-state index contributed by atoms with van der Waals surface area (Å²) in [7, 11) is 0. The lowest BCUT2D eigenvalue weighted by Gasteiger charge is -2.11. The zero-order chi connectivity index (χ0) is 12.0. The van der Waals surface area contributed by atoms with Gasteiger partial charge in [0.05, 0.1) is 6.61 Å². The molecular weight excluding hydrogens is 198 g/mol. The first-order valence-electron chi connectivity index (χ1n) is 6.11. The van der Waals surface area contributed by atoms with Crippen LogP contribution < -0.4 is 10.5 Å². The van der Waals surface area contributed by atoms with Crippen LogP contribution in [0.4, 0.5) is 0 Å². The largest absolute Gasteiger partial charge is 0.494 e. The summed E-state index contributed by atoms with van der Waals surface area (Å²) in [6.07, 6.45) is 2.06. The van der Waals surface area contributed by atoms with E-state index in [1.54, 1.807) is 0 Å². The standard InChI is InChI=1S/C14H23NO/c1-4-14(15)12-5-7-13(8-6-12)16-10-9-11(2)3/h5-8,11,14H,4,9-10,15H2,1-3H3/t14-/m0/s1. The lowest BCUT2D eigenvalue weighted by atomic mass is 10.1. The van der Waals surface area contributed by atoms with Crippen molar-refractivity contribution in [3.63, 3.8) is 0 Å². The molecule has 0 radical (unpaired) electrons. The minimum atomic E-state index is 0.143. The summed E-state index contributed by atoms with van der Waals surface area (Å²) < 4.78 is 5.64. The predicted octanol–water partition coefficient (Wildman–Crippen LogP) is 3.52. The van der Waals surface area contributed by atoms with Gasteiger partial charge in [-0.05, 0) is 36.5 Å². The normalized spacial score (nSPS) is 12.8. The molecule has 0 saturated carbocycles. The Balaban J connectivity index is 2.45. The fraction of sp³-hybridized carbons (Fsp3) is 0.571. The summed E-state index contributed by atoms with van der Waals surface area (Å²) in [5.74, 6) is 1.63. The van der Waals surface area contributed by atoms with Crippen LogP contribution in [0.3, 0.4) is 0 Å². The highest BCUT2D eigenvalue weighted by Crippen LogP contribution is 2.18. The van der Waals surface area contributed by atoms with Gasteiger partial charge in [-0.1, -0.05) is 32.9 Å². The van der Waals surface area contributed by atoms with Gasteiger partial charge in [0.25, 0.3) is 0 Å². The van der Waals surface area contributed by atoms with Gasteiger partial charge in [0, 0.05) is 6.04 Å². The van der Waals surface area contributed by atoms with E-state index < -0.39 is 0 Å². The molecule has 2 N–H and O–H groups in total. The van der Waals surface area contributed by atoms with Crippen LogP contribution in [0.1, 0.15) is 45.2 Å². The number of ether oxygens (including phenoxy) is 1. The van der Waals surface area contributed by atoms with Crippen molar-refractivity contribution in [2.24, 2.45) is 11.7 Å². The Bertz CT molecular complexity index is 292. The molecule has 16 heavy (non-hydrogen) atoms. The Kier molecular flexibility index (Phi) is 5.33. The van der Waals surface area contributed by atoms with Crippen LogP contribution in [0.15, 0.2) is 24.3 Å². The van der Waals surface area contributed by atoms with E-state index in [0.717, 1.165) is 25.2 Å². The average Bonchev–Trinajstić information content (AvgIpc) is 2.28. The van der Waals surface area contributed by atoms with Crippen LogP contribution in [-0.2, 0) is 0 Å². The van der Waals surface area contributed by atoms with Gasteiger partial charge in [0.15, 0.2) is 0 Å².